The van der Waals surface area contributed by atoms with Crippen LogP contribution in [0.3, 0.4) is 0 Å². The third-order valence-electron chi connectivity index (χ3n) is 3.69. The molecular weight excluding hydrogens is 274 g/mol. The lowest BCUT2D eigenvalue weighted by Gasteiger charge is -2.19. The molecule has 3 atom stereocenters. The van der Waals surface area contributed by atoms with Crippen LogP contribution in [0.2, 0.25) is 5.02 Å². The molecule has 0 aliphatic carbocycles. The molecule has 0 saturated carbocycles. The van der Waals surface area contributed by atoms with Crippen LogP contribution in [0.25, 0.3) is 0 Å². The molecule has 0 amide bonds. The minimum absolute atomic E-state index is 0.211. The largest absolute Gasteiger partial charge is 0.491 e. The minimum atomic E-state index is 0.211. The smallest absolute Gasteiger partial charge is 0.124 e. The first kappa shape index (κ1) is 15.6. The average molecular weight is 298 g/mol. The summed E-state index contributed by atoms with van der Waals surface area (Å²) >= 11 is 6.10. The molecule has 4 heteroatoms. The van der Waals surface area contributed by atoms with Crippen LogP contribution >= 0.6 is 11.6 Å². The highest BCUT2D eigenvalue weighted by Crippen LogP contribution is 2.29. The third-order valence-corrected chi connectivity index (χ3v) is 3.93. The van der Waals surface area contributed by atoms with Crippen LogP contribution in [0.1, 0.15) is 45.2 Å². The van der Waals surface area contributed by atoms with E-state index in [9.17, 15) is 0 Å². The summed E-state index contributed by atoms with van der Waals surface area (Å²) < 4.78 is 11.8. The summed E-state index contributed by atoms with van der Waals surface area (Å²) in [5.74, 6) is 0.894. The van der Waals surface area contributed by atoms with Crippen molar-refractivity contribution < 1.29 is 9.47 Å². The van der Waals surface area contributed by atoms with Crippen molar-refractivity contribution in [1.29, 1.82) is 0 Å². The lowest BCUT2D eigenvalue weighted by atomic mass is 10.1. The van der Waals surface area contributed by atoms with Gasteiger partial charge in [0.2, 0.25) is 0 Å². The van der Waals surface area contributed by atoms with Crippen LogP contribution in [0.5, 0.6) is 5.75 Å². The van der Waals surface area contributed by atoms with Crippen molar-refractivity contribution in [2.75, 3.05) is 13.2 Å². The van der Waals surface area contributed by atoms with Crippen LogP contribution in [-0.2, 0) is 4.74 Å². The highest BCUT2D eigenvalue weighted by molar-refractivity contribution is 6.30. The van der Waals surface area contributed by atoms with Crippen LogP contribution < -0.4 is 10.1 Å². The van der Waals surface area contributed by atoms with Crippen molar-refractivity contribution in [3.63, 3.8) is 0 Å². The molecule has 20 heavy (non-hydrogen) atoms. The number of halogens is 1. The second-order valence-corrected chi connectivity index (χ2v) is 5.86. The molecule has 3 nitrogen and oxygen atoms in total. The van der Waals surface area contributed by atoms with Crippen LogP contribution in [0.4, 0.5) is 0 Å². The molecule has 1 aromatic carbocycles. The van der Waals surface area contributed by atoms with Gasteiger partial charge in [0.1, 0.15) is 12.4 Å². The summed E-state index contributed by atoms with van der Waals surface area (Å²) in [6, 6.07) is 6.01. The maximum Gasteiger partial charge on any atom is 0.124 e. The van der Waals surface area contributed by atoms with E-state index in [2.05, 4.69) is 26.1 Å². The predicted octanol–water partition coefficient (Wildman–Crippen LogP) is 3.96. The number of nitrogens with one attached hydrogen (secondary N) is 1. The van der Waals surface area contributed by atoms with Crippen LogP contribution in [0, 0.1) is 0 Å². The molecule has 1 heterocycles. The van der Waals surface area contributed by atoms with E-state index in [-0.39, 0.29) is 12.1 Å². The molecule has 0 aromatic heterocycles. The molecule has 1 fully saturated rings. The first-order valence-corrected chi connectivity index (χ1v) is 7.79. The van der Waals surface area contributed by atoms with Crippen molar-refractivity contribution in [2.45, 2.75) is 51.9 Å². The van der Waals surface area contributed by atoms with E-state index in [0.29, 0.717) is 12.7 Å². The Kier molecular flexibility index (Phi) is 5.70. The predicted molar refractivity (Wildman–Crippen MR) is 82.6 cm³/mol. The Morgan fingerprint density at radius 2 is 2.25 bits per heavy atom. The molecule has 0 spiro atoms. The topological polar surface area (TPSA) is 30.5 Å². The molecule has 3 unspecified atom stereocenters. The van der Waals surface area contributed by atoms with Crippen molar-refractivity contribution in [2.24, 2.45) is 0 Å². The highest BCUT2D eigenvalue weighted by Gasteiger charge is 2.23. The summed E-state index contributed by atoms with van der Waals surface area (Å²) in [5.41, 5.74) is 1.10. The molecule has 1 aliphatic rings. The number of ether oxygens (including phenoxy) is 2. The molecule has 1 N–H and O–H groups in total. The fraction of sp³-hybridized carbons (Fsp3) is 0.625. The zero-order valence-corrected chi connectivity index (χ0v) is 13.2. The lowest BCUT2D eigenvalue weighted by molar-refractivity contribution is 0.0261. The monoisotopic (exact) mass is 297 g/mol. The van der Waals surface area contributed by atoms with Crippen molar-refractivity contribution in [1.82, 2.24) is 5.32 Å². The van der Waals surface area contributed by atoms with Gasteiger partial charge >= 0.3 is 0 Å². The summed E-state index contributed by atoms with van der Waals surface area (Å²) in [6.07, 6.45) is 2.76. The molecule has 0 radical (unpaired) electrons. The van der Waals surface area contributed by atoms with Gasteiger partial charge in [0.25, 0.3) is 0 Å². The zero-order chi connectivity index (χ0) is 14.5. The van der Waals surface area contributed by atoms with Gasteiger partial charge in [-0.3, -0.25) is 0 Å². The van der Waals surface area contributed by atoms with E-state index in [1.54, 1.807) is 0 Å². The normalized spacial score (nSPS) is 23.8. The Balaban J connectivity index is 2.02. The summed E-state index contributed by atoms with van der Waals surface area (Å²) in [6.45, 7) is 7.85. The average Bonchev–Trinajstić information content (AvgIpc) is 2.83. The standard InChI is InChI=1S/C16H24ClNO2/c1-4-18-12(3)15-9-13(17)6-8-16(15)19-10-14-7-5-11(2)20-14/h6,8-9,11-12,14,18H,4-5,7,10H2,1-3H3. The maximum absolute atomic E-state index is 6.10. The van der Waals surface area contributed by atoms with Gasteiger partial charge in [-0.15, -0.1) is 0 Å². The third kappa shape index (κ3) is 4.11. The second kappa shape index (κ2) is 7.30. The van der Waals surface area contributed by atoms with Gasteiger partial charge in [-0.1, -0.05) is 18.5 Å². The number of benzene rings is 1. The van der Waals surface area contributed by atoms with Gasteiger partial charge in [0, 0.05) is 16.6 Å². The molecule has 112 valence electrons. The Bertz CT molecular complexity index is 438. The lowest BCUT2D eigenvalue weighted by Crippen LogP contribution is -2.21. The SMILES string of the molecule is CCNC(C)c1cc(Cl)ccc1OCC1CCC(C)O1. The molecule has 2 rings (SSSR count). The van der Waals surface area contributed by atoms with Crippen molar-refractivity contribution >= 4 is 11.6 Å². The fourth-order valence-corrected chi connectivity index (χ4v) is 2.78. The zero-order valence-electron chi connectivity index (χ0n) is 12.5. The van der Waals surface area contributed by atoms with Gasteiger partial charge in [-0.25, -0.2) is 0 Å². The van der Waals surface area contributed by atoms with E-state index < -0.39 is 0 Å². The molecule has 1 saturated heterocycles. The van der Waals surface area contributed by atoms with Gasteiger partial charge in [-0.2, -0.15) is 0 Å². The van der Waals surface area contributed by atoms with Gasteiger partial charge in [0.05, 0.1) is 12.2 Å². The van der Waals surface area contributed by atoms with Crippen molar-refractivity contribution in [3.8, 4) is 5.75 Å². The quantitative estimate of drug-likeness (QED) is 0.862. The highest BCUT2D eigenvalue weighted by atomic mass is 35.5. The first-order chi connectivity index (χ1) is 9.60. The van der Waals surface area contributed by atoms with Gasteiger partial charge < -0.3 is 14.8 Å². The maximum atomic E-state index is 6.10. The van der Waals surface area contributed by atoms with E-state index >= 15 is 0 Å². The van der Waals surface area contributed by atoms with Crippen molar-refractivity contribution in [3.05, 3.63) is 28.8 Å². The van der Waals surface area contributed by atoms with Crippen LogP contribution in [0.15, 0.2) is 18.2 Å². The second-order valence-electron chi connectivity index (χ2n) is 5.42. The first-order valence-electron chi connectivity index (χ1n) is 7.41. The van der Waals surface area contributed by atoms with E-state index in [1.807, 2.05) is 18.2 Å². The molecule has 1 aromatic rings. The van der Waals surface area contributed by atoms with Gasteiger partial charge in [0.15, 0.2) is 0 Å². The Labute approximate surface area is 126 Å². The van der Waals surface area contributed by atoms with E-state index in [4.69, 9.17) is 21.1 Å². The van der Waals surface area contributed by atoms with Gasteiger partial charge in [-0.05, 0) is 51.4 Å². The Morgan fingerprint density at radius 3 is 2.90 bits per heavy atom. The summed E-state index contributed by atoms with van der Waals surface area (Å²) in [7, 11) is 0. The summed E-state index contributed by atoms with van der Waals surface area (Å²) in [4.78, 5) is 0. The fourth-order valence-electron chi connectivity index (χ4n) is 2.60. The summed E-state index contributed by atoms with van der Waals surface area (Å²) in [5, 5.41) is 4.13. The number of hydrogen-bond acceptors (Lipinski definition) is 3. The Hall–Kier alpha value is -0.770. The Morgan fingerprint density at radius 1 is 1.45 bits per heavy atom. The molecule has 1 aliphatic heterocycles. The van der Waals surface area contributed by atoms with E-state index in [0.717, 1.165) is 35.7 Å². The van der Waals surface area contributed by atoms with Crippen LogP contribution in [-0.4, -0.2) is 25.4 Å². The number of hydrogen-bond donors (Lipinski definition) is 1. The molecular formula is C16H24ClNO2. The minimum Gasteiger partial charge on any atom is -0.491 e. The molecule has 0 bridgehead atoms. The van der Waals surface area contributed by atoms with E-state index in [1.165, 1.54) is 0 Å². The number of rotatable bonds is 6.